The first-order valence-corrected chi connectivity index (χ1v) is 8.17. The van der Waals surface area contributed by atoms with E-state index in [0.717, 1.165) is 41.6 Å². The molecule has 3 aromatic heterocycles. The minimum Gasteiger partial charge on any atom is -0.353 e. The second kappa shape index (κ2) is 6.27. The number of hydrogen-bond donors (Lipinski definition) is 1. The third kappa shape index (κ3) is 3.01. The minimum absolute atomic E-state index is 0.738. The summed E-state index contributed by atoms with van der Waals surface area (Å²) in [5, 5.41) is 9.57. The number of H-pyrrole nitrogens is 1. The molecule has 3 heterocycles. The maximum Gasteiger partial charge on any atom is 0.135 e. The highest BCUT2D eigenvalue weighted by molar-refractivity contribution is 7.13. The molecule has 6 heteroatoms. The summed E-state index contributed by atoms with van der Waals surface area (Å²) in [4.78, 5) is 12.2. The second-order valence-corrected chi connectivity index (χ2v) is 6.18. The summed E-state index contributed by atoms with van der Waals surface area (Å²) in [5.74, 6) is 1.78. The highest BCUT2D eigenvalue weighted by Gasteiger charge is 2.12. The van der Waals surface area contributed by atoms with E-state index < -0.39 is 0 Å². The van der Waals surface area contributed by atoms with Crippen LogP contribution in [0.3, 0.4) is 0 Å². The van der Waals surface area contributed by atoms with Gasteiger partial charge in [-0.1, -0.05) is 13.0 Å². The molecule has 0 radical (unpaired) electrons. The maximum atomic E-state index is 4.58. The molecule has 0 aliphatic heterocycles. The number of rotatable bonds is 5. The quantitative estimate of drug-likeness (QED) is 0.784. The molecule has 0 unspecified atom stereocenters. The Labute approximate surface area is 134 Å². The van der Waals surface area contributed by atoms with Crippen LogP contribution >= 0.6 is 11.3 Å². The number of aromatic amines is 1. The number of aryl methyl sites for hydroxylation is 2. The van der Waals surface area contributed by atoms with Crippen LogP contribution in [0.25, 0.3) is 10.6 Å². The topological polar surface area (TPSA) is 57.7 Å². The Morgan fingerprint density at radius 2 is 2.23 bits per heavy atom. The minimum atomic E-state index is 0.738. The average molecular weight is 313 g/mol. The lowest BCUT2D eigenvalue weighted by Crippen LogP contribution is -2.20. The zero-order valence-electron chi connectivity index (χ0n) is 13.0. The number of aromatic nitrogens is 4. The van der Waals surface area contributed by atoms with Crippen LogP contribution in [-0.2, 0) is 13.0 Å². The lowest BCUT2D eigenvalue weighted by Gasteiger charge is -2.20. The number of thiophene rings is 1. The van der Waals surface area contributed by atoms with Gasteiger partial charge in [-0.2, -0.15) is 5.10 Å². The first kappa shape index (κ1) is 14.7. The van der Waals surface area contributed by atoms with Crippen molar-refractivity contribution in [3.05, 3.63) is 46.9 Å². The van der Waals surface area contributed by atoms with Crippen molar-refractivity contribution >= 4 is 17.2 Å². The van der Waals surface area contributed by atoms with Crippen molar-refractivity contribution in [2.75, 3.05) is 11.9 Å². The second-order valence-electron chi connectivity index (χ2n) is 5.23. The Morgan fingerprint density at radius 3 is 2.95 bits per heavy atom. The summed E-state index contributed by atoms with van der Waals surface area (Å²) in [5.41, 5.74) is 3.23. The van der Waals surface area contributed by atoms with Crippen LogP contribution in [0.15, 0.2) is 29.8 Å². The van der Waals surface area contributed by atoms with Gasteiger partial charge >= 0.3 is 0 Å². The van der Waals surface area contributed by atoms with E-state index >= 15 is 0 Å². The fourth-order valence-corrected chi connectivity index (χ4v) is 3.07. The molecule has 0 spiro atoms. The monoisotopic (exact) mass is 313 g/mol. The fourth-order valence-electron chi connectivity index (χ4n) is 2.39. The summed E-state index contributed by atoms with van der Waals surface area (Å²) >= 11 is 1.70. The molecule has 1 N–H and O–H groups in total. The Hall–Kier alpha value is -2.21. The molecule has 5 nitrogen and oxygen atoms in total. The van der Waals surface area contributed by atoms with E-state index in [1.54, 1.807) is 11.3 Å². The van der Waals surface area contributed by atoms with Crippen molar-refractivity contribution in [2.24, 2.45) is 0 Å². The van der Waals surface area contributed by atoms with Gasteiger partial charge in [-0.3, -0.25) is 5.10 Å². The van der Waals surface area contributed by atoms with Crippen LogP contribution in [0.5, 0.6) is 0 Å². The molecule has 0 aliphatic rings. The predicted molar refractivity (Wildman–Crippen MR) is 90.2 cm³/mol. The van der Waals surface area contributed by atoms with Crippen LogP contribution in [0.1, 0.15) is 24.0 Å². The molecule has 0 bridgehead atoms. The molecule has 3 aromatic rings. The molecular weight excluding hydrogens is 294 g/mol. The van der Waals surface area contributed by atoms with Gasteiger partial charge in [0.2, 0.25) is 0 Å². The Morgan fingerprint density at radius 1 is 1.36 bits per heavy atom. The average Bonchev–Trinajstić information content (AvgIpc) is 3.17. The number of hydrogen-bond acceptors (Lipinski definition) is 5. The molecule has 0 aromatic carbocycles. The van der Waals surface area contributed by atoms with E-state index in [4.69, 9.17) is 0 Å². The zero-order valence-corrected chi connectivity index (χ0v) is 13.8. The van der Waals surface area contributed by atoms with Crippen LogP contribution in [-0.4, -0.2) is 27.2 Å². The number of nitrogens with one attached hydrogen (secondary N) is 1. The normalized spacial score (nSPS) is 10.9. The highest BCUT2D eigenvalue weighted by atomic mass is 32.1. The summed E-state index contributed by atoms with van der Waals surface area (Å²) in [6.07, 6.45) is 2.83. The van der Waals surface area contributed by atoms with E-state index in [1.807, 2.05) is 26.2 Å². The van der Waals surface area contributed by atoms with Crippen molar-refractivity contribution in [1.29, 1.82) is 0 Å². The van der Waals surface area contributed by atoms with Crippen LogP contribution in [0, 0.1) is 6.92 Å². The van der Waals surface area contributed by atoms with Crippen molar-refractivity contribution in [1.82, 2.24) is 20.2 Å². The summed E-state index contributed by atoms with van der Waals surface area (Å²) in [6.45, 7) is 4.78. The van der Waals surface area contributed by atoms with Gasteiger partial charge in [-0.15, -0.1) is 11.3 Å². The third-order valence-corrected chi connectivity index (χ3v) is 4.41. The summed E-state index contributed by atoms with van der Waals surface area (Å²) < 4.78 is 0. The molecule has 22 heavy (non-hydrogen) atoms. The molecule has 0 fully saturated rings. The molecule has 0 aliphatic carbocycles. The van der Waals surface area contributed by atoms with Crippen LogP contribution in [0.2, 0.25) is 0 Å². The third-order valence-electron chi connectivity index (χ3n) is 3.52. The lowest BCUT2D eigenvalue weighted by atomic mass is 10.2. The van der Waals surface area contributed by atoms with E-state index in [1.165, 1.54) is 4.88 Å². The Kier molecular flexibility index (Phi) is 4.20. The Balaban J connectivity index is 1.80. The van der Waals surface area contributed by atoms with Crippen molar-refractivity contribution in [3.8, 4) is 10.6 Å². The van der Waals surface area contributed by atoms with Crippen LogP contribution in [0.4, 0.5) is 5.82 Å². The molecule has 0 saturated carbocycles. The standard InChI is InChI=1S/C16H19N5S/c1-4-12-9-17-11(2)18-16(12)21(3)10-13-8-14(20-19-13)15-6-5-7-22-15/h5-9H,4,10H2,1-3H3,(H,19,20). The van der Waals surface area contributed by atoms with E-state index in [-0.39, 0.29) is 0 Å². The SMILES string of the molecule is CCc1cnc(C)nc1N(C)Cc1cc(-c2cccs2)n[nH]1. The van der Waals surface area contributed by atoms with Gasteiger partial charge < -0.3 is 4.90 Å². The zero-order chi connectivity index (χ0) is 15.5. The van der Waals surface area contributed by atoms with Gasteiger partial charge in [0.05, 0.1) is 17.1 Å². The summed E-state index contributed by atoms with van der Waals surface area (Å²) in [6, 6.07) is 6.22. The lowest BCUT2D eigenvalue weighted by molar-refractivity contribution is 0.829. The van der Waals surface area contributed by atoms with Gasteiger partial charge in [0.15, 0.2) is 0 Å². The van der Waals surface area contributed by atoms with E-state index in [9.17, 15) is 0 Å². The molecule has 114 valence electrons. The first-order valence-electron chi connectivity index (χ1n) is 7.29. The van der Waals surface area contributed by atoms with E-state index in [0.29, 0.717) is 0 Å². The summed E-state index contributed by atoms with van der Waals surface area (Å²) in [7, 11) is 2.05. The van der Waals surface area contributed by atoms with Crippen LogP contribution < -0.4 is 4.90 Å². The van der Waals surface area contributed by atoms with E-state index in [2.05, 4.69) is 49.5 Å². The maximum absolute atomic E-state index is 4.58. The highest BCUT2D eigenvalue weighted by Crippen LogP contribution is 2.24. The number of anilines is 1. The fraction of sp³-hybridized carbons (Fsp3) is 0.312. The van der Waals surface area contributed by atoms with Crippen molar-refractivity contribution < 1.29 is 0 Å². The molecule has 0 saturated heterocycles. The smallest absolute Gasteiger partial charge is 0.135 e. The first-order chi connectivity index (χ1) is 10.7. The van der Waals surface area contributed by atoms with Gasteiger partial charge in [0.1, 0.15) is 17.3 Å². The van der Waals surface area contributed by atoms with Gasteiger partial charge in [0, 0.05) is 18.8 Å². The van der Waals surface area contributed by atoms with Gasteiger partial charge in [-0.05, 0) is 30.9 Å². The molecule has 0 amide bonds. The Bertz CT molecular complexity index is 748. The molecule has 3 rings (SSSR count). The number of nitrogens with zero attached hydrogens (tertiary/aromatic N) is 4. The predicted octanol–water partition coefficient (Wildman–Crippen LogP) is 3.44. The van der Waals surface area contributed by atoms with Crippen molar-refractivity contribution in [3.63, 3.8) is 0 Å². The largest absolute Gasteiger partial charge is 0.353 e. The van der Waals surface area contributed by atoms with Crippen molar-refractivity contribution in [2.45, 2.75) is 26.8 Å². The van der Waals surface area contributed by atoms with Gasteiger partial charge in [0.25, 0.3) is 0 Å². The van der Waals surface area contributed by atoms with Gasteiger partial charge in [-0.25, -0.2) is 9.97 Å². The molecular formula is C16H19N5S. The molecule has 0 atom stereocenters.